The summed E-state index contributed by atoms with van der Waals surface area (Å²) in [7, 11) is 0. The summed E-state index contributed by atoms with van der Waals surface area (Å²) >= 11 is 2.68. The first-order valence-corrected chi connectivity index (χ1v) is 8.07. The highest BCUT2D eigenvalue weighted by Crippen LogP contribution is 2.33. The Labute approximate surface area is 121 Å². The lowest BCUT2D eigenvalue weighted by Gasteiger charge is -2.11. The highest BCUT2D eigenvalue weighted by molar-refractivity contribution is 8.18. The van der Waals surface area contributed by atoms with Crippen LogP contribution in [0.15, 0.2) is 17.0 Å². The maximum Gasteiger partial charge on any atom is 0.293 e. The van der Waals surface area contributed by atoms with Crippen molar-refractivity contribution >= 4 is 40.3 Å². The van der Waals surface area contributed by atoms with Crippen LogP contribution in [0, 0.1) is 6.92 Å². The average Bonchev–Trinajstić information content (AvgIpc) is 2.88. The van der Waals surface area contributed by atoms with Crippen molar-refractivity contribution in [3.63, 3.8) is 0 Å². The van der Waals surface area contributed by atoms with E-state index in [1.807, 2.05) is 25.1 Å². The lowest BCUT2D eigenvalue weighted by molar-refractivity contribution is -0.122. The Bertz CT molecular complexity index is 519. The number of rotatable bonds is 5. The molecular formula is C14H17NO2S2. The predicted molar refractivity (Wildman–Crippen MR) is 81.3 cm³/mol. The molecule has 1 aromatic heterocycles. The molecule has 0 aliphatic carbocycles. The minimum Gasteiger partial charge on any atom is -0.268 e. The molecule has 3 nitrogen and oxygen atoms in total. The third-order valence-corrected chi connectivity index (χ3v) is 4.75. The van der Waals surface area contributed by atoms with Crippen molar-refractivity contribution in [2.45, 2.75) is 33.1 Å². The van der Waals surface area contributed by atoms with E-state index in [0.29, 0.717) is 11.4 Å². The molecule has 19 heavy (non-hydrogen) atoms. The highest BCUT2D eigenvalue weighted by Gasteiger charge is 2.34. The number of carbonyl (C=O) groups is 2. The molecule has 2 amide bonds. The van der Waals surface area contributed by atoms with Gasteiger partial charge in [-0.25, -0.2) is 0 Å². The molecule has 0 N–H and O–H groups in total. The molecule has 1 fully saturated rings. The normalized spacial score (nSPS) is 17.8. The largest absolute Gasteiger partial charge is 0.293 e. The van der Waals surface area contributed by atoms with E-state index < -0.39 is 0 Å². The summed E-state index contributed by atoms with van der Waals surface area (Å²) in [5, 5.41) is -0.138. The van der Waals surface area contributed by atoms with Crippen molar-refractivity contribution < 1.29 is 9.59 Å². The zero-order chi connectivity index (χ0) is 13.8. The SMILES string of the molecule is CCCCCN1C(=O)S/C(=C\c2ccc(C)s2)C1=O. The van der Waals surface area contributed by atoms with Gasteiger partial charge in [0, 0.05) is 16.3 Å². The Hall–Kier alpha value is -1.07. The maximum atomic E-state index is 12.1. The molecule has 5 heteroatoms. The summed E-state index contributed by atoms with van der Waals surface area (Å²) in [5.74, 6) is -0.142. The van der Waals surface area contributed by atoms with Gasteiger partial charge in [-0.15, -0.1) is 11.3 Å². The molecule has 0 saturated carbocycles. The first kappa shape index (κ1) is 14.3. The number of aryl methyl sites for hydroxylation is 1. The fourth-order valence-electron chi connectivity index (χ4n) is 1.87. The molecule has 1 aliphatic rings. The second-order valence-electron chi connectivity index (χ2n) is 4.49. The minimum atomic E-state index is -0.142. The molecule has 0 atom stereocenters. The average molecular weight is 295 g/mol. The minimum absolute atomic E-state index is 0.138. The number of hydrogen-bond donors (Lipinski definition) is 0. The quantitative estimate of drug-likeness (QED) is 0.601. The Morgan fingerprint density at radius 2 is 2.05 bits per heavy atom. The van der Waals surface area contributed by atoms with Gasteiger partial charge in [0.15, 0.2) is 0 Å². The molecule has 0 unspecified atom stereocenters. The molecule has 0 spiro atoms. The van der Waals surface area contributed by atoms with Crippen LogP contribution in [0.3, 0.4) is 0 Å². The van der Waals surface area contributed by atoms with Gasteiger partial charge in [-0.2, -0.15) is 0 Å². The van der Waals surface area contributed by atoms with Crippen molar-refractivity contribution in [3.8, 4) is 0 Å². The standard InChI is InChI=1S/C14H17NO2S2/c1-3-4-5-8-15-13(16)12(19-14(15)17)9-11-7-6-10(2)18-11/h6-7,9H,3-5,8H2,1-2H3/b12-9-. The van der Waals surface area contributed by atoms with Crippen LogP contribution in [-0.2, 0) is 4.79 Å². The van der Waals surface area contributed by atoms with Gasteiger partial charge in [0.05, 0.1) is 4.91 Å². The smallest absolute Gasteiger partial charge is 0.268 e. The Kier molecular flexibility index (Phi) is 4.82. The molecular weight excluding hydrogens is 278 g/mol. The Balaban J connectivity index is 2.07. The van der Waals surface area contributed by atoms with Gasteiger partial charge in [0.25, 0.3) is 11.1 Å². The lowest BCUT2D eigenvalue weighted by atomic mass is 10.2. The molecule has 2 rings (SSSR count). The summed E-state index contributed by atoms with van der Waals surface area (Å²) in [6.07, 6.45) is 4.84. The van der Waals surface area contributed by atoms with Gasteiger partial charge >= 0.3 is 0 Å². The number of imide groups is 1. The van der Waals surface area contributed by atoms with E-state index in [9.17, 15) is 9.59 Å². The summed E-state index contributed by atoms with van der Waals surface area (Å²) in [6, 6.07) is 3.99. The maximum absolute atomic E-state index is 12.1. The van der Waals surface area contributed by atoms with Crippen LogP contribution >= 0.6 is 23.1 Å². The van der Waals surface area contributed by atoms with Gasteiger partial charge in [-0.05, 0) is 43.3 Å². The number of thioether (sulfide) groups is 1. The fourth-order valence-corrected chi connectivity index (χ4v) is 3.62. The number of unbranched alkanes of at least 4 members (excludes halogenated alkanes) is 2. The van der Waals surface area contributed by atoms with Crippen LogP contribution in [0.25, 0.3) is 6.08 Å². The van der Waals surface area contributed by atoms with Crippen LogP contribution in [0.5, 0.6) is 0 Å². The monoisotopic (exact) mass is 295 g/mol. The molecule has 0 aromatic carbocycles. The van der Waals surface area contributed by atoms with Crippen LogP contribution in [0.4, 0.5) is 4.79 Å². The van der Waals surface area contributed by atoms with E-state index in [0.717, 1.165) is 35.9 Å². The van der Waals surface area contributed by atoms with E-state index >= 15 is 0 Å². The van der Waals surface area contributed by atoms with Crippen molar-refractivity contribution in [1.82, 2.24) is 4.90 Å². The van der Waals surface area contributed by atoms with Crippen LogP contribution < -0.4 is 0 Å². The first-order valence-electron chi connectivity index (χ1n) is 6.43. The topological polar surface area (TPSA) is 37.4 Å². The molecule has 1 aromatic rings. The Morgan fingerprint density at radius 1 is 1.26 bits per heavy atom. The highest BCUT2D eigenvalue weighted by atomic mass is 32.2. The van der Waals surface area contributed by atoms with Crippen molar-refractivity contribution in [1.29, 1.82) is 0 Å². The lowest BCUT2D eigenvalue weighted by Crippen LogP contribution is -2.29. The number of hydrogen-bond acceptors (Lipinski definition) is 4. The van der Waals surface area contributed by atoms with Gasteiger partial charge in [0.2, 0.25) is 0 Å². The molecule has 102 valence electrons. The number of carbonyl (C=O) groups excluding carboxylic acids is 2. The predicted octanol–water partition coefficient (Wildman–Crippen LogP) is 4.28. The summed E-state index contributed by atoms with van der Waals surface area (Å²) < 4.78 is 0. The van der Waals surface area contributed by atoms with Gasteiger partial charge in [0.1, 0.15) is 0 Å². The summed E-state index contributed by atoms with van der Waals surface area (Å²) in [5.41, 5.74) is 0. The summed E-state index contributed by atoms with van der Waals surface area (Å²) in [6.45, 7) is 4.67. The van der Waals surface area contributed by atoms with E-state index in [1.165, 1.54) is 9.78 Å². The van der Waals surface area contributed by atoms with Crippen LogP contribution in [-0.4, -0.2) is 22.6 Å². The number of amides is 2. The third-order valence-electron chi connectivity index (χ3n) is 2.89. The van der Waals surface area contributed by atoms with Crippen molar-refractivity contribution in [3.05, 3.63) is 26.8 Å². The molecule has 2 heterocycles. The van der Waals surface area contributed by atoms with Crippen molar-refractivity contribution in [2.24, 2.45) is 0 Å². The molecule has 0 bridgehead atoms. The second-order valence-corrected chi connectivity index (χ2v) is 6.80. The zero-order valence-electron chi connectivity index (χ0n) is 11.1. The van der Waals surface area contributed by atoms with E-state index in [4.69, 9.17) is 0 Å². The molecule has 1 aliphatic heterocycles. The number of nitrogens with zero attached hydrogens (tertiary/aromatic N) is 1. The molecule has 0 radical (unpaired) electrons. The van der Waals surface area contributed by atoms with E-state index in [2.05, 4.69) is 6.92 Å². The summed E-state index contributed by atoms with van der Waals surface area (Å²) in [4.78, 5) is 28.1. The zero-order valence-corrected chi connectivity index (χ0v) is 12.8. The second kappa shape index (κ2) is 6.39. The van der Waals surface area contributed by atoms with Crippen LogP contribution in [0.1, 0.15) is 35.9 Å². The Morgan fingerprint density at radius 3 is 2.68 bits per heavy atom. The van der Waals surface area contributed by atoms with Gasteiger partial charge in [-0.3, -0.25) is 14.5 Å². The van der Waals surface area contributed by atoms with E-state index in [1.54, 1.807) is 11.3 Å². The molecule has 1 saturated heterocycles. The fraction of sp³-hybridized carbons (Fsp3) is 0.429. The van der Waals surface area contributed by atoms with Gasteiger partial charge < -0.3 is 0 Å². The number of thiophene rings is 1. The van der Waals surface area contributed by atoms with Crippen LogP contribution in [0.2, 0.25) is 0 Å². The van der Waals surface area contributed by atoms with Crippen molar-refractivity contribution in [2.75, 3.05) is 6.54 Å². The first-order chi connectivity index (χ1) is 9.11. The third kappa shape index (κ3) is 3.48. The van der Waals surface area contributed by atoms with E-state index in [-0.39, 0.29) is 11.1 Å². The van der Waals surface area contributed by atoms with Gasteiger partial charge in [-0.1, -0.05) is 19.8 Å².